The number of carboxylic acid groups (broad SMARTS) is 1. The van der Waals surface area contributed by atoms with E-state index in [9.17, 15) is 9.59 Å². The lowest BCUT2D eigenvalue weighted by Gasteiger charge is -2.33. The van der Waals surface area contributed by atoms with Crippen LogP contribution in [-0.4, -0.2) is 59.5 Å². The number of thiophene rings is 1. The molecule has 0 saturated carbocycles. The third kappa shape index (κ3) is 3.08. The van der Waals surface area contributed by atoms with Crippen LogP contribution >= 0.6 is 11.3 Å². The molecule has 6 heteroatoms. The van der Waals surface area contributed by atoms with Gasteiger partial charge in [-0.15, -0.1) is 11.3 Å². The highest BCUT2D eigenvalue weighted by atomic mass is 32.1. The average molecular weight is 268 g/mol. The summed E-state index contributed by atoms with van der Waals surface area (Å²) in [6.45, 7) is 4.49. The molecule has 0 unspecified atom stereocenters. The summed E-state index contributed by atoms with van der Waals surface area (Å²) in [6.07, 6.45) is 0. The van der Waals surface area contributed by atoms with Gasteiger partial charge in [0.05, 0.1) is 11.4 Å². The van der Waals surface area contributed by atoms with Gasteiger partial charge in [-0.2, -0.15) is 0 Å². The SMILES string of the molecule is Cc1ccc(C(=O)N2CCN(CC(=O)O)CC2)s1. The van der Waals surface area contributed by atoms with E-state index in [2.05, 4.69) is 0 Å². The van der Waals surface area contributed by atoms with Crippen LogP contribution in [0.3, 0.4) is 0 Å². The lowest BCUT2D eigenvalue weighted by Crippen LogP contribution is -2.49. The van der Waals surface area contributed by atoms with Gasteiger partial charge in [-0.1, -0.05) is 0 Å². The van der Waals surface area contributed by atoms with E-state index in [0.29, 0.717) is 26.2 Å². The Bertz CT molecular complexity index is 450. The number of piperazine rings is 1. The number of nitrogens with zero attached hydrogens (tertiary/aromatic N) is 2. The van der Waals surface area contributed by atoms with Gasteiger partial charge in [0.2, 0.25) is 0 Å². The van der Waals surface area contributed by atoms with Crippen molar-refractivity contribution in [3.05, 3.63) is 21.9 Å². The van der Waals surface area contributed by atoms with E-state index in [-0.39, 0.29) is 12.5 Å². The zero-order valence-corrected chi connectivity index (χ0v) is 11.1. The van der Waals surface area contributed by atoms with Crippen LogP contribution in [0.2, 0.25) is 0 Å². The molecule has 1 saturated heterocycles. The van der Waals surface area contributed by atoms with Crippen LogP contribution in [0.15, 0.2) is 12.1 Å². The number of hydrogen-bond donors (Lipinski definition) is 1. The minimum atomic E-state index is -0.816. The van der Waals surface area contributed by atoms with E-state index in [4.69, 9.17) is 5.11 Å². The Morgan fingerprint density at radius 1 is 1.28 bits per heavy atom. The van der Waals surface area contributed by atoms with Gasteiger partial charge in [-0.05, 0) is 19.1 Å². The highest BCUT2D eigenvalue weighted by Gasteiger charge is 2.23. The minimum absolute atomic E-state index is 0.0557. The number of amides is 1. The number of aliphatic carboxylic acids is 1. The summed E-state index contributed by atoms with van der Waals surface area (Å²) >= 11 is 1.50. The molecule has 1 fully saturated rings. The van der Waals surface area contributed by atoms with Gasteiger partial charge in [0, 0.05) is 31.1 Å². The maximum absolute atomic E-state index is 12.1. The molecule has 0 bridgehead atoms. The summed E-state index contributed by atoms with van der Waals surface area (Å²) in [7, 11) is 0. The smallest absolute Gasteiger partial charge is 0.317 e. The Morgan fingerprint density at radius 3 is 2.44 bits per heavy atom. The zero-order chi connectivity index (χ0) is 13.1. The molecule has 98 valence electrons. The second-order valence-electron chi connectivity index (χ2n) is 4.37. The normalized spacial score (nSPS) is 16.8. The van der Waals surface area contributed by atoms with Crippen molar-refractivity contribution in [3.8, 4) is 0 Å². The van der Waals surface area contributed by atoms with Gasteiger partial charge < -0.3 is 10.0 Å². The molecule has 2 rings (SSSR count). The average Bonchev–Trinajstić information content (AvgIpc) is 2.75. The lowest BCUT2D eigenvalue weighted by atomic mass is 10.3. The van der Waals surface area contributed by atoms with Crippen molar-refractivity contribution in [2.24, 2.45) is 0 Å². The number of rotatable bonds is 3. The van der Waals surface area contributed by atoms with Crippen molar-refractivity contribution in [2.75, 3.05) is 32.7 Å². The molecule has 1 N–H and O–H groups in total. The quantitative estimate of drug-likeness (QED) is 0.884. The molecule has 0 spiro atoms. The van der Waals surface area contributed by atoms with Crippen LogP contribution in [0.25, 0.3) is 0 Å². The van der Waals surface area contributed by atoms with Gasteiger partial charge in [0.1, 0.15) is 0 Å². The van der Waals surface area contributed by atoms with Crippen LogP contribution < -0.4 is 0 Å². The monoisotopic (exact) mass is 268 g/mol. The van der Waals surface area contributed by atoms with Gasteiger partial charge in [0.15, 0.2) is 0 Å². The molecule has 1 aromatic heterocycles. The van der Waals surface area contributed by atoms with Crippen molar-refractivity contribution in [3.63, 3.8) is 0 Å². The van der Waals surface area contributed by atoms with Crippen LogP contribution in [0, 0.1) is 6.92 Å². The van der Waals surface area contributed by atoms with Crippen LogP contribution in [0.4, 0.5) is 0 Å². The lowest BCUT2D eigenvalue weighted by molar-refractivity contribution is -0.138. The standard InChI is InChI=1S/C12H16N2O3S/c1-9-2-3-10(18-9)12(17)14-6-4-13(5-7-14)8-11(15)16/h2-3H,4-8H2,1H3,(H,15,16). The molecular weight excluding hydrogens is 252 g/mol. The molecular formula is C12H16N2O3S. The molecule has 1 aliphatic rings. The van der Waals surface area contributed by atoms with Crippen LogP contribution in [0.5, 0.6) is 0 Å². The van der Waals surface area contributed by atoms with E-state index in [1.165, 1.54) is 11.3 Å². The van der Waals surface area contributed by atoms with Gasteiger partial charge >= 0.3 is 5.97 Å². The first-order valence-corrected chi connectivity index (χ1v) is 6.68. The highest BCUT2D eigenvalue weighted by Crippen LogP contribution is 2.18. The second-order valence-corrected chi connectivity index (χ2v) is 5.66. The molecule has 1 aliphatic heterocycles. The maximum atomic E-state index is 12.1. The molecule has 0 atom stereocenters. The summed E-state index contributed by atoms with van der Waals surface area (Å²) in [6, 6.07) is 3.80. The summed E-state index contributed by atoms with van der Waals surface area (Å²) in [4.78, 5) is 28.3. The number of hydrogen-bond acceptors (Lipinski definition) is 4. The Kier molecular flexibility index (Phi) is 3.98. The van der Waals surface area contributed by atoms with Gasteiger partial charge in [-0.25, -0.2) is 0 Å². The topological polar surface area (TPSA) is 60.9 Å². The predicted molar refractivity (Wildman–Crippen MR) is 69.0 cm³/mol. The van der Waals surface area contributed by atoms with Crippen molar-refractivity contribution >= 4 is 23.2 Å². The van der Waals surface area contributed by atoms with Crippen molar-refractivity contribution < 1.29 is 14.7 Å². The molecule has 5 nitrogen and oxygen atoms in total. The molecule has 18 heavy (non-hydrogen) atoms. The highest BCUT2D eigenvalue weighted by molar-refractivity contribution is 7.13. The number of carboxylic acids is 1. The number of carbonyl (C=O) groups excluding carboxylic acids is 1. The Morgan fingerprint density at radius 2 is 1.94 bits per heavy atom. The molecule has 1 aromatic rings. The summed E-state index contributed by atoms with van der Waals surface area (Å²) in [5.41, 5.74) is 0. The maximum Gasteiger partial charge on any atom is 0.317 e. The third-order valence-corrected chi connectivity index (χ3v) is 3.96. The van der Waals surface area contributed by atoms with E-state index >= 15 is 0 Å². The molecule has 0 aliphatic carbocycles. The first kappa shape index (κ1) is 13.0. The fourth-order valence-electron chi connectivity index (χ4n) is 2.01. The fraction of sp³-hybridized carbons (Fsp3) is 0.500. The van der Waals surface area contributed by atoms with Gasteiger partial charge in [-0.3, -0.25) is 14.5 Å². The third-order valence-electron chi connectivity index (χ3n) is 2.97. The Balaban J connectivity index is 1.90. The Labute approximate surface area is 110 Å². The minimum Gasteiger partial charge on any atom is -0.480 e. The van der Waals surface area contributed by atoms with Crippen LogP contribution in [-0.2, 0) is 4.79 Å². The first-order valence-electron chi connectivity index (χ1n) is 5.86. The number of carbonyl (C=O) groups is 2. The number of aryl methyl sites for hydroxylation is 1. The largest absolute Gasteiger partial charge is 0.480 e. The predicted octanol–water partition coefficient (Wildman–Crippen LogP) is 0.899. The van der Waals surface area contributed by atoms with Crippen LogP contribution in [0.1, 0.15) is 14.5 Å². The summed E-state index contributed by atoms with van der Waals surface area (Å²) in [5.74, 6) is -0.758. The Hall–Kier alpha value is -1.40. The molecule has 0 radical (unpaired) electrons. The zero-order valence-electron chi connectivity index (χ0n) is 10.3. The second kappa shape index (κ2) is 5.49. The summed E-state index contributed by atoms with van der Waals surface area (Å²) < 4.78 is 0. The fourth-order valence-corrected chi connectivity index (χ4v) is 2.84. The van der Waals surface area contributed by atoms with E-state index < -0.39 is 5.97 Å². The van der Waals surface area contributed by atoms with E-state index in [1.54, 1.807) is 4.90 Å². The summed E-state index contributed by atoms with van der Waals surface area (Å²) in [5, 5.41) is 8.70. The van der Waals surface area contributed by atoms with Crippen molar-refractivity contribution in [1.82, 2.24) is 9.80 Å². The first-order chi connectivity index (χ1) is 8.56. The van der Waals surface area contributed by atoms with Crippen molar-refractivity contribution in [2.45, 2.75) is 6.92 Å². The van der Waals surface area contributed by atoms with Gasteiger partial charge in [0.25, 0.3) is 5.91 Å². The molecule has 0 aromatic carbocycles. The molecule has 2 heterocycles. The van der Waals surface area contributed by atoms with E-state index in [0.717, 1.165) is 9.75 Å². The van der Waals surface area contributed by atoms with E-state index in [1.807, 2.05) is 24.0 Å². The molecule has 1 amide bonds. The van der Waals surface area contributed by atoms with Crippen molar-refractivity contribution in [1.29, 1.82) is 0 Å².